The Balaban J connectivity index is 1.66. The van der Waals surface area contributed by atoms with Crippen LogP contribution >= 0.6 is 11.6 Å². The summed E-state index contributed by atoms with van der Waals surface area (Å²) in [5.41, 5.74) is 3.55. The van der Waals surface area contributed by atoms with Gasteiger partial charge >= 0.3 is 6.09 Å². The Labute approximate surface area is 222 Å². The Morgan fingerprint density at radius 3 is 2.22 bits per heavy atom. The second kappa shape index (κ2) is 11.0. The lowest BCUT2D eigenvalue weighted by molar-refractivity contribution is -0.117. The standard InChI is InChI=1S/C29H30ClN3O4/c1-5-37-29(36)31(4)23-14-10-21(11-15-23)28(35)32-19(2)18-27(25-8-6-7-9-26(25)32)33(20(3)34)24-16-12-22(30)13-17-24/h6-17,19,27H,5,18H2,1-4H3/t19-,27+/m0/s1. The summed E-state index contributed by atoms with van der Waals surface area (Å²) in [5, 5.41) is 0.598. The van der Waals surface area contributed by atoms with Crippen molar-refractivity contribution in [2.45, 2.75) is 39.3 Å². The van der Waals surface area contributed by atoms with Gasteiger partial charge in [0.2, 0.25) is 5.91 Å². The quantitative estimate of drug-likeness (QED) is 0.387. The summed E-state index contributed by atoms with van der Waals surface area (Å²) in [6.45, 7) is 5.57. The fourth-order valence-corrected chi connectivity index (χ4v) is 4.94. The van der Waals surface area contributed by atoms with Crippen molar-refractivity contribution in [1.29, 1.82) is 0 Å². The highest BCUT2D eigenvalue weighted by atomic mass is 35.5. The van der Waals surface area contributed by atoms with Crippen LogP contribution in [0.15, 0.2) is 72.8 Å². The average molecular weight is 520 g/mol. The van der Waals surface area contributed by atoms with Gasteiger partial charge in [0.1, 0.15) is 0 Å². The molecule has 0 N–H and O–H groups in total. The highest BCUT2D eigenvalue weighted by Gasteiger charge is 2.38. The Morgan fingerprint density at radius 1 is 0.973 bits per heavy atom. The molecule has 2 atom stereocenters. The lowest BCUT2D eigenvalue weighted by atomic mass is 9.89. The van der Waals surface area contributed by atoms with E-state index >= 15 is 0 Å². The van der Waals surface area contributed by atoms with Gasteiger partial charge in [-0.2, -0.15) is 0 Å². The predicted octanol–water partition coefficient (Wildman–Crippen LogP) is 6.47. The zero-order chi connectivity index (χ0) is 26.7. The molecule has 0 saturated heterocycles. The minimum absolute atomic E-state index is 0.0876. The van der Waals surface area contributed by atoms with Crippen LogP contribution in [0.25, 0.3) is 0 Å². The zero-order valence-electron chi connectivity index (χ0n) is 21.3. The fourth-order valence-electron chi connectivity index (χ4n) is 4.81. The maximum Gasteiger partial charge on any atom is 0.413 e. The first-order valence-corrected chi connectivity index (χ1v) is 12.6. The molecule has 0 radical (unpaired) electrons. The van der Waals surface area contributed by atoms with Crippen LogP contribution in [0.2, 0.25) is 5.02 Å². The first-order chi connectivity index (χ1) is 17.7. The summed E-state index contributed by atoms with van der Waals surface area (Å²) < 4.78 is 5.05. The van der Waals surface area contributed by atoms with Gasteiger partial charge < -0.3 is 14.5 Å². The molecule has 3 aromatic carbocycles. The summed E-state index contributed by atoms with van der Waals surface area (Å²) in [7, 11) is 1.62. The van der Waals surface area contributed by atoms with Gasteiger partial charge in [-0.1, -0.05) is 29.8 Å². The minimum atomic E-state index is -0.457. The van der Waals surface area contributed by atoms with E-state index in [1.54, 1.807) is 67.1 Å². The number of fused-ring (bicyclic) bond motifs is 1. The van der Waals surface area contributed by atoms with Gasteiger partial charge in [-0.3, -0.25) is 14.5 Å². The van der Waals surface area contributed by atoms with Crippen molar-refractivity contribution in [2.24, 2.45) is 0 Å². The Hall–Kier alpha value is -3.84. The van der Waals surface area contributed by atoms with E-state index < -0.39 is 6.09 Å². The summed E-state index contributed by atoms with van der Waals surface area (Å²) in [5.74, 6) is -0.236. The number of benzene rings is 3. The lowest BCUT2D eigenvalue weighted by Crippen LogP contribution is -2.47. The van der Waals surface area contributed by atoms with E-state index in [2.05, 4.69) is 0 Å². The molecule has 8 heteroatoms. The van der Waals surface area contributed by atoms with Gasteiger partial charge in [-0.25, -0.2) is 4.79 Å². The maximum atomic E-state index is 13.7. The van der Waals surface area contributed by atoms with Crippen LogP contribution in [0.3, 0.4) is 0 Å². The predicted molar refractivity (Wildman–Crippen MR) is 147 cm³/mol. The second-order valence-electron chi connectivity index (χ2n) is 9.00. The van der Waals surface area contributed by atoms with Crippen LogP contribution in [0.1, 0.15) is 49.2 Å². The van der Waals surface area contributed by atoms with E-state index in [1.165, 1.54) is 4.90 Å². The van der Waals surface area contributed by atoms with E-state index in [-0.39, 0.29) is 30.5 Å². The number of para-hydroxylation sites is 1. The number of anilines is 3. The number of ether oxygens (including phenoxy) is 1. The van der Waals surface area contributed by atoms with Crippen molar-refractivity contribution in [3.8, 4) is 0 Å². The minimum Gasteiger partial charge on any atom is -0.449 e. The number of hydrogen-bond acceptors (Lipinski definition) is 4. The number of hydrogen-bond donors (Lipinski definition) is 0. The normalized spacial score (nSPS) is 16.5. The number of carbonyl (C=O) groups is 3. The fraction of sp³-hybridized carbons (Fsp3) is 0.276. The van der Waals surface area contributed by atoms with Crippen LogP contribution in [-0.4, -0.2) is 37.6 Å². The molecule has 37 heavy (non-hydrogen) atoms. The monoisotopic (exact) mass is 519 g/mol. The molecule has 0 spiro atoms. The van der Waals surface area contributed by atoms with Gasteiger partial charge in [-0.15, -0.1) is 0 Å². The van der Waals surface area contributed by atoms with Crippen molar-refractivity contribution in [2.75, 3.05) is 28.4 Å². The molecule has 3 aromatic rings. The number of halogens is 1. The van der Waals surface area contributed by atoms with E-state index in [4.69, 9.17) is 16.3 Å². The van der Waals surface area contributed by atoms with E-state index in [1.807, 2.05) is 43.3 Å². The molecule has 1 heterocycles. The van der Waals surface area contributed by atoms with Crippen molar-refractivity contribution in [1.82, 2.24) is 0 Å². The first-order valence-electron chi connectivity index (χ1n) is 12.2. The van der Waals surface area contributed by atoms with Gasteiger partial charge in [0.05, 0.1) is 12.6 Å². The highest BCUT2D eigenvalue weighted by Crippen LogP contribution is 2.43. The average Bonchev–Trinajstić information content (AvgIpc) is 2.89. The number of amides is 3. The molecule has 0 fully saturated rings. The molecule has 0 aromatic heterocycles. The molecule has 7 nitrogen and oxygen atoms in total. The van der Waals surface area contributed by atoms with Crippen LogP contribution in [-0.2, 0) is 9.53 Å². The van der Waals surface area contributed by atoms with Crippen molar-refractivity contribution in [3.05, 3.63) is 88.9 Å². The van der Waals surface area contributed by atoms with Crippen molar-refractivity contribution in [3.63, 3.8) is 0 Å². The van der Waals surface area contributed by atoms with Crippen LogP contribution in [0, 0.1) is 0 Å². The molecule has 1 aliphatic rings. The molecule has 3 amide bonds. The molecule has 4 rings (SSSR count). The van der Waals surface area contributed by atoms with Gasteiger partial charge in [-0.05, 0) is 80.4 Å². The molecule has 0 saturated carbocycles. The highest BCUT2D eigenvalue weighted by molar-refractivity contribution is 6.30. The molecular weight excluding hydrogens is 490 g/mol. The molecule has 0 aliphatic carbocycles. The lowest BCUT2D eigenvalue weighted by Gasteiger charge is -2.43. The summed E-state index contributed by atoms with van der Waals surface area (Å²) in [4.78, 5) is 43.6. The van der Waals surface area contributed by atoms with E-state index in [0.717, 1.165) is 16.9 Å². The maximum absolute atomic E-state index is 13.7. The zero-order valence-corrected chi connectivity index (χ0v) is 22.1. The summed E-state index contributed by atoms with van der Waals surface area (Å²) >= 11 is 6.08. The summed E-state index contributed by atoms with van der Waals surface area (Å²) in [6, 6.07) is 21.4. The SMILES string of the molecule is CCOC(=O)N(C)c1ccc(C(=O)N2c3ccccc3[C@H](N(C(C)=O)c3ccc(Cl)cc3)C[C@@H]2C)cc1. The van der Waals surface area contributed by atoms with Gasteiger partial charge in [0.25, 0.3) is 5.91 Å². The number of carbonyl (C=O) groups excluding carboxylic acids is 3. The van der Waals surface area contributed by atoms with Crippen LogP contribution in [0.4, 0.5) is 21.9 Å². The number of nitrogens with zero attached hydrogens (tertiary/aromatic N) is 3. The third kappa shape index (κ3) is 5.32. The van der Waals surface area contributed by atoms with E-state index in [9.17, 15) is 14.4 Å². The third-order valence-electron chi connectivity index (χ3n) is 6.58. The Bertz CT molecular complexity index is 1290. The van der Waals surface area contributed by atoms with Gasteiger partial charge in [0.15, 0.2) is 0 Å². The van der Waals surface area contributed by atoms with E-state index in [0.29, 0.717) is 22.7 Å². The topological polar surface area (TPSA) is 70.2 Å². The largest absolute Gasteiger partial charge is 0.449 e. The molecular formula is C29H30ClN3O4. The van der Waals surface area contributed by atoms with Crippen molar-refractivity contribution < 1.29 is 19.1 Å². The molecule has 0 bridgehead atoms. The van der Waals surface area contributed by atoms with Crippen molar-refractivity contribution >= 4 is 46.6 Å². The molecule has 1 aliphatic heterocycles. The Morgan fingerprint density at radius 2 is 1.59 bits per heavy atom. The van der Waals surface area contributed by atoms with Crippen LogP contribution in [0.5, 0.6) is 0 Å². The van der Waals surface area contributed by atoms with Crippen LogP contribution < -0.4 is 14.7 Å². The smallest absolute Gasteiger partial charge is 0.413 e. The molecule has 192 valence electrons. The second-order valence-corrected chi connectivity index (χ2v) is 9.44. The summed E-state index contributed by atoms with van der Waals surface area (Å²) in [6.07, 6.45) is 0.108. The first kappa shape index (κ1) is 26.2. The Kier molecular flexibility index (Phi) is 7.83. The number of rotatable bonds is 5. The molecule has 0 unspecified atom stereocenters. The third-order valence-corrected chi connectivity index (χ3v) is 6.83. The van der Waals surface area contributed by atoms with Gasteiger partial charge in [0, 0.05) is 47.7 Å².